The molecule has 2 heterocycles. The summed E-state index contributed by atoms with van der Waals surface area (Å²) in [4.78, 5) is 18.3. The maximum Gasteiger partial charge on any atom is 0.270 e. The molecule has 0 radical (unpaired) electrons. The molecule has 1 aromatic heterocycles. The van der Waals surface area contributed by atoms with Crippen molar-refractivity contribution in [3.8, 4) is 0 Å². The van der Waals surface area contributed by atoms with Gasteiger partial charge in [0, 0.05) is 49.6 Å². The third-order valence-corrected chi connectivity index (χ3v) is 4.59. The van der Waals surface area contributed by atoms with Crippen LogP contribution in [-0.4, -0.2) is 53.5 Å². The molecule has 1 fully saturated rings. The van der Waals surface area contributed by atoms with Crippen molar-refractivity contribution in [1.82, 2.24) is 15.2 Å². The Kier molecular flexibility index (Phi) is 10.6. The van der Waals surface area contributed by atoms with Crippen LogP contribution in [-0.2, 0) is 6.54 Å². The summed E-state index contributed by atoms with van der Waals surface area (Å²) in [6, 6.07) is 0. The SMILES string of the molecule is Cl.Cl.NCc1nc(C(=O)NCCN2CCSCC2)cs1. The molecule has 0 saturated carbocycles. The number of nitrogens with two attached hydrogens (primary N) is 1. The van der Waals surface area contributed by atoms with E-state index in [1.54, 1.807) is 5.38 Å². The molecular weight excluding hydrogens is 339 g/mol. The Morgan fingerprint density at radius 3 is 2.70 bits per heavy atom. The van der Waals surface area contributed by atoms with Crippen LogP contribution in [0, 0.1) is 0 Å². The number of carbonyl (C=O) groups excluding carboxylic acids is 1. The van der Waals surface area contributed by atoms with Gasteiger partial charge in [-0.05, 0) is 0 Å². The zero-order valence-corrected chi connectivity index (χ0v) is 14.3. The lowest BCUT2D eigenvalue weighted by molar-refractivity contribution is 0.0944. The van der Waals surface area contributed by atoms with Crippen molar-refractivity contribution in [3.05, 3.63) is 16.1 Å². The number of rotatable bonds is 5. The second kappa shape index (κ2) is 10.6. The van der Waals surface area contributed by atoms with Crippen LogP contribution in [0.5, 0.6) is 0 Å². The third kappa shape index (κ3) is 6.15. The molecule has 0 atom stereocenters. The van der Waals surface area contributed by atoms with E-state index >= 15 is 0 Å². The number of amides is 1. The van der Waals surface area contributed by atoms with Gasteiger partial charge in [0.25, 0.3) is 5.91 Å². The Bertz CT molecular complexity index is 400. The van der Waals surface area contributed by atoms with Crippen LogP contribution in [0.1, 0.15) is 15.5 Å². The number of halogens is 2. The summed E-state index contributed by atoms with van der Waals surface area (Å²) in [5.41, 5.74) is 5.95. The summed E-state index contributed by atoms with van der Waals surface area (Å²) in [7, 11) is 0. The van der Waals surface area contributed by atoms with Crippen LogP contribution < -0.4 is 11.1 Å². The summed E-state index contributed by atoms with van der Waals surface area (Å²) in [6.45, 7) is 4.23. The number of aromatic nitrogens is 1. The maximum atomic E-state index is 11.8. The molecule has 5 nitrogen and oxygen atoms in total. The molecule has 1 saturated heterocycles. The van der Waals surface area contributed by atoms with Gasteiger partial charge in [0.05, 0.1) is 0 Å². The quantitative estimate of drug-likeness (QED) is 0.827. The standard InChI is InChI=1S/C11H18N4OS2.2ClH/c12-7-10-14-9(8-18-10)11(16)13-1-2-15-3-5-17-6-4-15;;/h8H,1-7,12H2,(H,13,16);2*1H. The Hall–Kier alpha value is -0.0500. The molecule has 1 aliphatic heterocycles. The number of nitrogens with one attached hydrogen (secondary N) is 1. The largest absolute Gasteiger partial charge is 0.349 e. The average Bonchev–Trinajstić information content (AvgIpc) is 2.89. The highest BCUT2D eigenvalue weighted by Crippen LogP contribution is 2.09. The van der Waals surface area contributed by atoms with E-state index in [1.165, 1.54) is 22.8 Å². The van der Waals surface area contributed by atoms with Gasteiger partial charge in [0.15, 0.2) is 0 Å². The van der Waals surface area contributed by atoms with Crippen molar-refractivity contribution >= 4 is 53.8 Å². The minimum Gasteiger partial charge on any atom is -0.349 e. The van der Waals surface area contributed by atoms with E-state index in [9.17, 15) is 4.79 Å². The van der Waals surface area contributed by atoms with Gasteiger partial charge in [0.2, 0.25) is 0 Å². The van der Waals surface area contributed by atoms with Crippen molar-refractivity contribution in [3.63, 3.8) is 0 Å². The zero-order valence-electron chi connectivity index (χ0n) is 11.0. The molecule has 1 aromatic rings. The van der Waals surface area contributed by atoms with Gasteiger partial charge in [-0.2, -0.15) is 11.8 Å². The summed E-state index contributed by atoms with van der Waals surface area (Å²) in [5, 5.41) is 5.46. The summed E-state index contributed by atoms with van der Waals surface area (Å²) >= 11 is 3.42. The number of carbonyl (C=O) groups is 1. The van der Waals surface area contributed by atoms with Crippen molar-refractivity contribution in [2.24, 2.45) is 5.73 Å². The number of thiazole rings is 1. The van der Waals surface area contributed by atoms with Gasteiger partial charge >= 0.3 is 0 Å². The molecule has 2 rings (SSSR count). The van der Waals surface area contributed by atoms with E-state index in [4.69, 9.17) is 5.73 Å². The molecule has 0 bridgehead atoms. The smallest absolute Gasteiger partial charge is 0.270 e. The normalized spacial score (nSPS) is 15.1. The van der Waals surface area contributed by atoms with Crippen LogP contribution in [0.2, 0.25) is 0 Å². The molecule has 3 N–H and O–H groups in total. The first-order valence-electron chi connectivity index (χ1n) is 6.02. The maximum absolute atomic E-state index is 11.8. The van der Waals surface area contributed by atoms with Gasteiger partial charge < -0.3 is 11.1 Å². The molecular formula is C11H20Cl2N4OS2. The summed E-state index contributed by atoms with van der Waals surface area (Å²) < 4.78 is 0. The van der Waals surface area contributed by atoms with E-state index in [2.05, 4.69) is 15.2 Å². The fourth-order valence-electron chi connectivity index (χ4n) is 1.75. The zero-order chi connectivity index (χ0) is 12.8. The minimum atomic E-state index is -0.0997. The van der Waals surface area contributed by atoms with Gasteiger partial charge in [0.1, 0.15) is 10.7 Å². The first-order chi connectivity index (χ1) is 8.79. The second-order valence-corrected chi connectivity index (χ2v) is 6.21. The number of hydrogen-bond donors (Lipinski definition) is 2. The molecule has 0 unspecified atom stereocenters. The Morgan fingerprint density at radius 2 is 2.10 bits per heavy atom. The van der Waals surface area contributed by atoms with Gasteiger partial charge in [-0.1, -0.05) is 0 Å². The van der Waals surface area contributed by atoms with E-state index in [1.807, 2.05) is 11.8 Å². The lowest BCUT2D eigenvalue weighted by atomic mass is 10.4. The van der Waals surface area contributed by atoms with E-state index in [0.29, 0.717) is 18.8 Å². The lowest BCUT2D eigenvalue weighted by Crippen LogP contribution is -2.39. The van der Waals surface area contributed by atoms with Gasteiger partial charge in [-0.3, -0.25) is 9.69 Å². The number of hydrogen-bond acceptors (Lipinski definition) is 6. The molecule has 9 heteroatoms. The van der Waals surface area contributed by atoms with Gasteiger partial charge in [-0.15, -0.1) is 36.2 Å². The molecule has 1 aliphatic rings. The average molecular weight is 359 g/mol. The van der Waals surface area contributed by atoms with Crippen LogP contribution in [0.25, 0.3) is 0 Å². The number of thioether (sulfide) groups is 1. The van der Waals surface area contributed by atoms with Crippen molar-refractivity contribution in [1.29, 1.82) is 0 Å². The van der Waals surface area contributed by atoms with Crippen molar-refractivity contribution < 1.29 is 4.79 Å². The Labute approximate surface area is 139 Å². The fourth-order valence-corrected chi connectivity index (χ4v) is 3.39. The van der Waals surface area contributed by atoms with E-state index in [-0.39, 0.29) is 30.7 Å². The summed E-state index contributed by atoms with van der Waals surface area (Å²) in [6.07, 6.45) is 0. The van der Waals surface area contributed by atoms with Crippen LogP contribution in [0.15, 0.2) is 5.38 Å². The van der Waals surface area contributed by atoms with Crippen molar-refractivity contribution in [2.75, 3.05) is 37.7 Å². The Balaban J connectivity index is 0.00000180. The minimum absolute atomic E-state index is 0. The molecule has 0 aliphatic carbocycles. The highest BCUT2D eigenvalue weighted by Gasteiger charge is 2.12. The Morgan fingerprint density at radius 1 is 1.40 bits per heavy atom. The first kappa shape index (κ1) is 19.9. The predicted molar refractivity (Wildman–Crippen MR) is 90.6 cm³/mol. The third-order valence-electron chi connectivity index (χ3n) is 2.78. The van der Waals surface area contributed by atoms with E-state index in [0.717, 1.165) is 24.6 Å². The highest BCUT2D eigenvalue weighted by atomic mass is 35.5. The fraction of sp³-hybridized carbons (Fsp3) is 0.636. The molecule has 0 spiro atoms. The lowest BCUT2D eigenvalue weighted by Gasteiger charge is -2.25. The van der Waals surface area contributed by atoms with Crippen LogP contribution in [0.4, 0.5) is 0 Å². The molecule has 20 heavy (non-hydrogen) atoms. The molecule has 1 amide bonds. The summed E-state index contributed by atoms with van der Waals surface area (Å²) in [5.74, 6) is 2.29. The second-order valence-electron chi connectivity index (χ2n) is 4.04. The topological polar surface area (TPSA) is 71.2 Å². The molecule has 116 valence electrons. The monoisotopic (exact) mass is 358 g/mol. The van der Waals surface area contributed by atoms with Gasteiger partial charge in [-0.25, -0.2) is 4.98 Å². The van der Waals surface area contributed by atoms with E-state index < -0.39 is 0 Å². The predicted octanol–water partition coefficient (Wildman–Crippen LogP) is 1.22. The van der Waals surface area contributed by atoms with Crippen LogP contribution in [0.3, 0.4) is 0 Å². The first-order valence-corrected chi connectivity index (χ1v) is 8.06. The van der Waals surface area contributed by atoms with Crippen LogP contribution >= 0.6 is 47.9 Å². The number of nitrogens with zero attached hydrogens (tertiary/aromatic N) is 2. The van der Waals surface area contributed by atoms with Crippen molar-refractivity contribution in [2.45, 2.75) is 6.54 Å². The molecule has 0 aromatic carbocycles. The highest BCUT2D eigenvalue weighted by molar-refractivity contribution is 7.99.